The molecule has 0 unspecified atom stereocenters. The Labute approximate surface area is 105 Å². The van der Waals surface area contributed by atoms with Crippen LogP contribution in [-0.4, -0.2) is 16.1 Å². The van der Waals surface area contributed by atoms with E-state index in [1.807, 2.05) is 24.3 Å². The van der Waals surface area contributed by atoms with Crippen LogP contribution in [0.2, 0.25) is 0 Å². The number of nitrogens with zero attached hydrogens (tertiary/aromatic N) is 2. The minimum Gasteiger partial charge on any atom is -0.369 e. The predicted octanol–water partition coefficient (Wildman–Crippen LogP) is 2.00. The SMILES string of the molecule is NC(=O)Cc1nnc(-c2ccc(Br)cc2)s1. The molecule has 0 aliphatic heterocycles. The van der Waals surface area contributed by atoms with E-state index in [2.05, 4.69) is 26.1 Å². The molecule has 2 aromatic rings. The molecule has 0 atom stereocenters. The number of rotatable bonds is 3. The molecule has 2 N–H and O–H groups in total. The largest absolute Gasteiger partial charge is 0.369 e. The molecule has 16 heavy (non-hydrogen) atoms. The number of hydrogen-bond donors (Lipinski definition) is 1. The standard InChI is InChI=1S/C10H8BrN3OS/c11-7-3-1-6(2-4-7)10-14-13-9(16-10)5-8(12)15/h1-4H,5H2,(H2,12,15). The Morgan fingerprint density at radius 1 is 1.31 bits per heavy atom. The van der Waals surface area contributed by atoms with Gasteiger partial charge in [-0.1, -0.05) is 39.4 Å². The van der Waals surface area contributed by atoms with Gasteiger partial charge in [-0.2, -0.15) is 0 Å². The third kappa shape index (κ3) is 2.65. The molecule has 1 aromatic heterocycles. The highest BCUT2D eigenvalue weighted by Gasteiger charge is 2.08. The lowest BCUT2D eigenvalue weighted by Crippen LogP contribution is -2.13. The van der Waals surface area contributed by atoms with Crippen LogP contribution in [0.15, 0.2) is 28.7 Å². The molecule has 1 aromatic carbocycles. The fourth-order valence-electron chi connectivity index (χ4n) is 1.18. The molecule has 0 saturated carbocycles. The number of carbonyl (C=O) groups is 1. The van der Waals surface area contributed by atoms with Crippen LogP contribution in [0.1, 0.15) is 5.01 Å². The van der Waals surface area contributed by atoms with Gasteiger partial charge in [0.15, 0.2) is 0 Å². The molecule has 2 rings (SSSR count). The monoisotopic (exact) mass is 297 g/mol. The molecule has 82 valence electrons. The van der Waals surface area contributed by atoms with Gasteiger partial charge in [-0.3, -0.25) is 4.79 Å². The second-order valence-electron chi connectivity index (χ2n) is 3.15. The maximum atomic E-state index is 10.7. The molecule has 0 saturated heterocycles. The van der Waals surface area contributed by atoms with Crippen molar-refractivity contribution in [3.05, 3.63) is 33.7 Å². The first-order valence-corrected chi connectivity index (χ1v) is 6.13. The molecular formula is C10H8BrN3OS. The van der Waals surface area contributed by atoms with E-state index in [1.54, 1.807) is 0 Å². The third-order valence-corrected chi connectivity index (χ3v) is 3.38. The highest BCUT2D eigenvalue weighted by Crippen LogP contribution is 2.24. The summed E-state index contributed by atoms with van der Waals surface area (Å²) >= 11 is 4.74. The van der Waals surface area contributed by atoms with E-state index in [0.717, 1.165) is 15.0 Å². The van der Waals surface area contributed by atoms with E-state index in [0.29, 0.717) is 5.01 Å². The van der Waals surface area contributed by atoms with Crippen LogP contribution >= 0.6 is 27.3 Å². The summed E-state index contributed by atoms with van der Waals surface area (Å²) in [6.07, 6.45) is 0.147. The highest BCUT2D eigenvalue weighted by atomic mass is 79.9. The Morgan fingerprint density at radius 3 is 2.62 bits per heavy atom. The van der Waals surface area contributed by atoms with Crippen molar-refractivity contribution in [2.45, 2.75) is 6.42 Å². The minimum absolute atomic E-state index is 0.147. The number of amides is 1. The first-order valence-electron chi connectivity index (χ1n) is 4.52. The van der Waals surface area contributed by atoms with Gasteiger partial charge in [-0.05, 0) is 12.1 Å². The smallest absolute Gasteiger partial charge is 0.224 e. The van der Waals surface area contributed by atoms with Crippen molar-refractivity contribution >= 4 is 33.2 Å². The highest BCUT2D eigenvalue weighted by molar-refractivity contribution is 9.10. The van der Waals surface area contributed by atoms with Crippen LogP contribution in [0, 0.1) is 0 Å². The van der Waals surface area contributed by atoms with Gasteiger partial charge in [0.25, 0.3) is 0 Å². The van der Waals surface area contributed by atoms with Crippen LogP contribution < -0.4 is 5.73 Å². The van der Waals surface area contributed by atoms with Gasteiger partial charge in [0, 0.05) is 10.0 Å². The fraction of sp³-hybridized carbons (Fsp3) is 0.100. The first-order chi connectivity index (χ1) is 7.65. The first kappa shape index (κ1) is 11.2. The quantitative estimate of drug-likeness (QED) is 0.942. The van der Waals surface area contributed by atoms with Crippen molar-refractivity contribution in [2.24, 2.45) is 5.73 Å². The van der Waals surface area contributed by atoms with Gasteiger partial charge in [-0.15, -0.1) is 10.2 Å². The van der Waals surface area contributed by atoms with Crippen LogP contribution in [0.3, 0.4) is 0 Å². The zero-order valence-electron chi connectivity index (χ0n) is 8.18. The van der Waals surface area contributed by atoms with Crippen LogP contribution in [0.25, 0.3) is 10.6 Å². The normalized spacial score (nSPS) is 10.3. The van der Waals surface area contributed by atoms with Crippen LogP contribution in [0.5, 0.6) is 0 Å². The van der Waals surface area contributed by atoms with E-state index < -0.39 is 5.91 Å². The molecule has 0 fully saturated rings. The number of carbonyl (C=O) groups excluding carboxylic acids is 1. The van der Waals surface area contributed by atoms with E-state index in [-0.39, 0.29) is 6.42 Å². The Balaban J connectivity index is 2.24. The Kier molecular flexibility index (Phi) is 3.31. The lowest BCUT2D eigenvalue weighted by atomic mass is 10.2. The number of nitrogens with two attached hydrogens (primary N) is 1. The lowest BCUT2D eigenvalue weighted by molar-refractivity contribution is -0.117. The van der Waals surface area contributed by atoms with Crippen molar-refractivity contribution in [3.8, 4) is 10.6 Å². The summed E-state index contributed by atoms with van der Waals surface area (Å²) in [5, 5.41) is 9.36. The number of benzene rings is 1. The van der Waals surface area contributed by atoms with Crippen molar-refractivity contribution in [1.29, 1.82) is 0 Å². The Morgan fingerprint density at radius 2 is 2.00 bits per heavy atom. The van der Waals surface area contributed by atoms with Crippen LogP contribution in [0.4, 0.5) is 0 Å². The van der Waals surface area contributed by atoms with E-state index >= 15 is 0 Å². The zero-order chi connectivity index (χ0) is 11.5. The topological polar surface area (TPSA) is 68.9 Å². The van der Waals surface area contributed by atoms with Crippen molar-refractivity contribution in [3.63, 3.8) is 0 Å². The molecule has 1 amide bonds. The van der Waals surface area contributed by atoms with Gasteiger partial charge in [0.05, 0.1) is 6.42 Å². The molecule has 0 aliphatic carbocycles. The summed E-state index contributed by atoms with van der Waals surface area (Å²) in [5.74, 6) is -0.390. The second kappa shape index (κ2) is 4.71. The maximum Gasteiger partial charge on any atom is 0.224 e. The molecular weight excluding hydrogens is 290 g/mol. The molecule has 1 heterocycles. The zero-order valence-corrected chi connectivity index (χ0v) is 10.6. The maximum absolute atomic E-state index is 10.7. The lowest BCUT2D eigenvalue weighted by Gasteiger charge is -1.94. The van der Waals surface area contributed by atoms with Gasteiger partial charge in [0.2, 0.25) is 5.91 Å². The molecule has 0 spiro atoms. The van der Waals surface area contributed by atoms with Gasteiger partial charge in [-0.25, -0.2) is 0 Å². The average Bonchev–Trinajstić information content (AvgIpc) is 2.66. The third-order valence-electron chi connectivity index (χ3n) is 1.88. The van der Waals surface area contributed by atoms with E-state index in [1.165, 1.54) is 11.3 Å². The number of aromatic nitrogens is 2. The summed E-state index contributed by atoms with van der Waals surface area (Å²) in [4.78, 5) is 10.7. The minimum atomic E-state index is -0.390. The number of halogens is 1. The summed E-state index contributed by atoms with van der Waals surface area (Å²) in [6.45, 7) is 0. The second-order valence-corrected chi connectivity index (χ2v) is 5.13. The molecule has 0 aliphatic rings. The predicted molar refractivity (Wildman–Crippen MR) is 65.9 cm³/mol. The molecule has 6 heteroatoms. The molecule has 0 bridgehead atoms. The Bertz CT molecular complexity index is 509. The van der Waals surface area contributed by atoms with E-state index in [9.17, 15) is 4.79 Å². The molecule has 4 nitrogen and oxygen atoms in total. The van der Waals surface area contributed by atoms with Crippen molar-refractivity contribution < 1.29 is 4.79 Å². The number of hydrogen-bond acceptors (Lipinski definition) is 4. The average molecular weight is 298 g/mol. The summed E-state index contributed by atoms with van der Waals surface area (Å²) in [7, 11) is 0. The molecule has 0 radical (unpaired) electrons. The summed E-state index contributed by atoms with van der Waals surface area (Å²) < 4.78 is 1.01. The van der Waals surface area contributed by atoms with Crippen LogP contribution in [-0.2, 0) is 11.2 Å². The van der Waals surface area contributed by atoms with Crippen molar-refractivity contribution in [2.75, 3.05) is 0 Å². The summed E-state index contributed by atoms with van der Waals surface area (Å²) in [5.41, 5.74) is 6.07. The Hall–Kier alpha value is -1.27. The fourth-order valence-corrected chi connectivity index (χ4v) is 2.30. The van der Waals surface area contributed by atoms with Gasteiger partial charge in [0.1, 0.15) is 10.0 Å². The summed E-state index contributed by atoms with van der Waals surface area (Å²) in [6, 6.07) is 7.76. The number of primary amides is 1. The van der Waals surface area contributed by atoms with Crippen molar-refractivity contribution in [1.82, 2.24) is 10.2 Å². The van der Waals surface area contributed by atoms with E-state index in [4.69, 9.17) is 5.73 Å². The van der Waals surface area contributed by atoms with Gasteiger partial charge >= 0.3 is 0 Å². The van der Waals surface area contributed by atoms with Gasteiger partial charge < -0.3 is 5.73 Å².